The summed E-state index contributed by atoms with van der Waals surface area (Å²) in [5.74, 6) is -0.231. The molecule has 0 aromatic heterocycles. The molecule has 0 bridgehead atoms. The molecule has 1 aliphatic heterocycles. The van der Waals surface area contributed by atoms with E-state index in [4.69, 9.17) is 9.84 Å². The molecule has 0 aromatic rings. The molecule has 4 heteroatoms. The van der Waals surface area contributed by atoms with Crippen LogP contribution in [-0.2, 0) is 9.53 Å². The SMILES string of the molecule is CCCCOC(=O)[C@@H]1C[C@H](O)CN1. The van der Waals surface area contributed by atoms with Crippen LogP contribution < -0.4 is 5.32 Å². The Morgan fingerprint density at radius 3 is 3.00 bits per heavy atom. The monoisotopic (exact) mass is 187 g/mol. The zero-order chi connectivity index (χ0) is 9.68. The molecule has 0 amide bonds. The van der Waals surface area contributed by atoms with E-state index in [0.29, 0.717) is 19.6 Å². The molecule has 76 valence electrons. The van der Waals surface area contributed by atoms with E-state index >= 15 is 0 Å². The quantitative estimate of drug-likeness (QED) is 0.482. The Morgan fingerprint density at radius 1 is 1.69 bits per heavy atom. The van der Waals surface area contributed by atoms with Gasteiger partial charge >= 0.3 is 5.97 Å². The van der Waals surface area contributed by atoms with Crippen LogP contribution in [0.4, 0.5) is 0 Å². The van der Waals surface area contributed by atoms with Gasteiger partial charge in [-0.15, -0.1) is 0 Å². The number of rotatable bonds is 4. The number of aliphatic hydroxyl groups excluding tert-OH is 1. The summed E-state index contributed by atoms with van der Waals surface area (Å²) < 4.78 is 5.00. The first-order chi connectivity index (χ1) is 6.24. The Labute approximate surface area is 78.3 Å². The van der Waals surface area contributed by atoms with Crippen molar-refractivity contribution in [2.24, 2.45) is 0 Å². The minimum Gasteiger partial charge on any atom is -0.465 e. The molecule has 0 aliphatic carbocycles. The lowest BCUT2D eigenvalue weighted by atomic mass is 10.2. The lowest BCUT2D eigenvalue weighted by Gasteiger charge is -2.09. The zero-order valence-corrected chi connectivity index (χ0v) is 7.95. The number of β-amino-alcohol motifs (C(OH)–C–C–N with tert-alkyl or cyclic N) is 1. The van der Waals surface area contributed by atoms with Crippen LogP contribution in [0.2, 0.25) is 0 Å². The van der Waals surface area contributed by atoms with Crippen molar-refractivity contribution in [1.82, 2.24) is 5.32 Å². The number of unbranched alkanes of at least 4 members (excludes halogenated alkanes) is 1. The molecular formula is C9H17NO3. The number of carbonyl (C=O) groups excluding carboxylic acids is 1. The summed E-state index contributed by atoms with van der Waals surface area (Å²) in [6.07, 6.45) is 2.00. The second kappa shape index (κ2) is 5.19. The van der Waals surface area contributed by atoms with E-state index < -0.39 is 6.10 Å². The van der Waals surface area contributed by atoms with Crippen LogP contribution in [0.1, 0.15) is 26.2 Å². The second-order valence-electron chi connectivity index (χ2n) is 3.37. The highest BCUT2D eigenvalue weighted by molar-refractivity contribution is 5.76. The fourth-order valence-electron chi connectivity index (χ4n) is 1.31. The van der Waals surface area contributed by atoms with Gasteiger partial charge in [0, 0.05) is 13.0 Å². The van der Waals surface area contributed by atoms with Gasteiger partial charge in [-0.3, -0.25) is 4.79 Å². The lowest BCUT2D eigenvalue weighted by Crippen LogP contribution is -2.32. The number of aliphatic hydroxyl groups is 1. The van der Waals surface area contributed by atoms with Crippen molar-refractivity contribution >= 4 is 5.97 Å². The van der Waals surface area contributed by atoms with E-state index in [2.05, 4.69) is 5.32 Å². The third-order valence-electron chi connectivity index (χ3n) is 2.13. The van der Waals surface area contributed by atoms with E-state index in [1.54, 1.807) is 0 Å². The van der Waals surface area contributed by atoms with E-state index in [9.17, 15) is 4.79 Å². The van der Waals surface area contributed by atoms with Gasteiger partial charge in [0.1, 0.15) is 6.04 Å². The van der Waals surface area contributed by atoms with Gasteiger partial charge in [0.15, 0.2) is 0 Å². The molecule has 1 fully saturated rings. The van der Waals surface area contributed by atoms with Crippen molar-refractivity contribution in [2.45, 2.75) is 38.3 Å². The van der Waals surface area contributed by atoms with E-state index in [1.165, 1.54) is 0 Å². The van der Waals surface area contributed by atoms with Crippen LogP contribution in [0.15, 0.2) is 0 Å². The molecule has 0 aromatic carbocycles. The van der Waals surface area contributed by atoms with Crippen molar-refractivity contribution in [1.29, 1.82) is 0 Å². The van der Waals surface area contributed by atoms with E-state index in [0.717, 1.165) is 12.8 Å². The Balaban J connectivity index is 2.16. The van der Waals surface area contributed by atoms with Crippen molar-refractivity contribution in [3.05, 3.63) is 0 Å². The van der Waals surface area contributed by atoms with Gasteiger partial charge < -0.3 is 15.2 Å². The molecule has 1 rings (SSSR count). The van der Waals surface area contributed by atoms with Gasteiger partial charge in [-0.25, -0.2) is 0 Å². The van der Waals surface area contributed by atoms with Crippen LogP contribution in [0, 0.1) is 0 Å². The summed E-state index contributed by atoms with van der Waals surface area (Å²) in [5, 5.41) is 12.1. The second-order valence-corrected chi connectivity index (χ2v) is 3.37. The first kappa shape index (κ1) is 10.5. The van der Waals surface area contributed by atoms with Gasteiger partial charge in [0.25, 0.3) is 0 Å². The smallest absolute Gasteiger partial charge is 0.323 e. The van der Waals surface area contributed by atoms with Crippen LogP contribution in [0.25, 0.3) is 0 Å². The predicted octanol–water partition coefficient (Wildman–Crippen LogP) is 0.0525. The largest absolute Gasteiger partial charge is 0.465 e. The van der Waals surface area contributed by atoms with Crippen LogP contribution in [0.3, 0.4) is 0 Å². The Morgan fingerprint density at radius 2 is 2.46 bits per heavy atom. The maximum Gasteiger partial charge on any atom is 0.323 e. The number of nitrogens with one attached hydrogen (secondary N) is 1. The van der Waals surface area contributed by atoms with Gasteiger partial charge in [0.05, 0.1) is 12.7 Å². The molecule has 4 nitrogen and oxygen atoms in total. The van der Waals surface area contributed by atoms with Crippen molar-refractivity contribution < 1.29 is 14.6 Å². The van der Waals surface area contributed by atoms with Gasteiger partial charge in [-0.1, -0.05) is 13.3 Å². The minimum absolute atomic E-state index is 0.231. The minimum atomic E-state index is -0.399. The van der Waals surface area contributed by atoms with Crippen LogP contribution in [0.5, 0.6) is 0 Å². The Hall–Kier alpha value is -0.610. The molecule has 1 saturated heterocycles. The molecule has 0 spiro atoms. The summed E-state index contributed by atoms with van der Waals surface area (Å²) >= 11 is 0. The highest BCUT2D eigenvalue weighted by Gasteiger charge is 2.28. The van der Waals surface area contributed by atoms with Crippen molar-refractivity contribution in [2.75, 3.05) is 13.2 Å². The lowest BCUT2D eigenvalue weighted by molar-refractivity contribution is -0.146. The summed E-state index contributed by atoms with van der Waals surface area (Å²) in [4.78, 5) is 11.3. The fraction of sp³-hybridized carbons (Fsp3) is 0.889. The summed E-state index contributed by atoms with van der Waals surface area (Å²) in [5.41, 5.74) is 0. The Kier molecular flexibility index (Phi) is 4.18. The number of hydrogen-bond donors (Lipinski definition) is 2. The third kappa shape index (κ3) is 3.32. The molecule has 0 radical (unpaired) electrons. The third-order valence-corrected chi connectivity index (χ3v) is 2.13. The predicted molar refractivity (Wildman–Crippen MR) is 48.3 cm³/mol. The summed E-state index contributed by atoms with van der Waals surface area (Å²) in [7, 11) is 0. The number of carbonyl (C=O) groups is 1. The van der Waals surface area contributed by atoms with Crippen LogP contribution in [-0.4, -0.2) is 36.4 Å². The number of esters is 1. The van der Waals surface area contributed by atoms with Gasteiger partial charge in [-0.05, 0) is 6.42 Å². The highest BCUT2D eigenvalue weighted by atomic mass is 16.5. The average Bonchev–Trinajstić information content (AvgIpc) is 2.52. The average molecular weight is 187 g/mol. The molecule has 1 aliphatic rings. The standard InChI is InChI=1S/C9H17NO3/c1-2-3-4-13-9(12)8-5-7(11)6-10-8/h7-8,10-11H,2-6H2,1H3/t7-,8-/m0/s1. The van der Waals surface area contributed by atoms with Gasteiger partial charge in [-0.2, -0.15) is 0 Å². The maximum atomic E-state index is 11.3. The molecule has 0 saturated carbocycles. The first-order valence-corrected chi connectivity index (χ1v) is 4.82. The summed E-state index contributed by atoms with van der Waals surface area (Å²) in [6, 6.07) is -0.299. The van der Waals surface area contributed by atoms with E-state index in [1.807, 2.05) is 6.92 Å². The fourth-order valence-corrected chi connectivity index (χ4v) is 1.31. The zero-order valence-electron chi connectivity index (χ0n) is 7.95. The molecular weight excluding hydrogens is 170 g/mol. The van der Waals surface area contributed by atoms with Crippen molar-refractivity contribution in [3.8, 4) is 0 Å². The molecule has 13 heavy (non-hydrogen) atoms. The highest BCUT2D eigenvalue weighted by Crippen LogP contribution is 2.07. The summed E-state index contributed by atoms with van der Waals surface area (Å²) in [6.45, 7) is 3.03. The topological polar surface area (TPSA) is 58.6 Å². The number of ether oxygens (including phenoxy) is 1. The molecule has 0 unspecified atom stereocenters. The maximum absolute atomic E-state index is 11.3. The molecule has 2 N–H and O–H groups in total. The Bertz CT molecular complexity index is 172. The number of hydrogen-bond acceptors (Lipinski definition) is 4. The van der Waals surface area contributed by atoms with Crippen molar-refractivity contribution in [3.63, 3.8) is 0 Å². The molecule has 1 heterocycles. The normalized spacial score (nSPS) is 27.5. The van der Waals surface area contributed by atoms with E-state index in [-0.39, 0.29) is 12.0 Å². The van der Waals surface area contributed by atoms with Crippen LogP contribution >= 0.6 is 0 Å². The molecule has 2 atom stereocenters. The first-order valence-electron chi connectivity index (χ1n) is 4.82. The van der Waals surface area contributed by atoms with Gasteiger partial charge in [0.2, 0.25) is 0 Å².